The summed E-state index contributed by atoms with van der Waals surface area (Å²) in [5, 5.41) is 39.5. The number of esters is 1. The van der Waals surface area contributed by atoms with Gasteiger partial charge in [0.2, 0.25) is 0 Å². The maximum atomic E-state index is 11.2. The molecule has 0 fully saturated rings. The zero-order valence-corrected chi connectivity index (χ0v) is 41.6. The molecule has 0 aromatic rings. The third kappa shape index (κ3) is 82.8. The molecule has 0 saturated heterocycles. The van der Waals surface area contributed by atoms with Gasteiger partial charge in [-0.25, -0.2) is 28.8 Å². The topological polar surface area (TPSA) is 222 Å². The molecule has 0 aromatic carbocycles. The Bertz CT molecular complexity index is 1000. The fourth-order valence-corrected chi connectivity index (χ4v) is 9.70. The molecule has 0 spiro atoms. The second-order valence-corrected chi connectivity index (χ2v) is 20.5. The summed E-state index contributed by atoms with van der Waals surface area (Å²) < 4.78 is 11.3. The Labute approximate surface area is 403 Å². The largest absolute Gasteiger partial charge is 2.00 e. The van der Waals surface area contributed by atoms with Crippen LogP contribution >= 0.6 is 0 Å². The molecule has 52 heavy (non-hydrogen) atoms. The van der Waals surface area contributed by atoms with Crippen LogP contribution in [0.1, 0.15) is 55.1 Å². The summed E-state index contributed by atoms with van der Waals surface area (Å²) in [6, 6.07) is 1.03. The summed E-state index contributed by atoms with van der Waals surface area (Å²) in [6.07, 6.45) is 0.878. The molecule has 0 bridgehead atoms. The van der Waals surface area contributed by atoms with Crippen LogP contribution in [0, 0.1) is 0 Å². The van der Waals surface area contributed by atoms with Gasteiger partial charge in [0, 0.05) is 50.8 Å². The molecule has 13 nitrogen and oxygen atoms in total. The first-order valence-corrected chi connectivity index (χ1v) is 20.2. The zero-order chi connectivity index (χ0) is 39.5. The Kier molecular flexibility index (Phi) is 69.0. The normalized spacial score (nSPS) is 8.37. The molecule has 0 saturated carbocycles. The van der Waals surface area contributed by atoms with Crippen molar-refractivity contribution in [1.82, 2.24) is 0 Å². The van der Waals surface area contributed by atoms with Crippen molar-refractivity contribution in [3.05, 3.63) is 72.9 Å². The van der Waals surface area contributed by atoms with Crippen molar-refractivity contribution in [2.75, 3.05) is 6.61 Å². The smallest absolute Gasteiger partial charge is 1.00 e. The Hall–Kier alpha value is -0.571. The molecular weight excluding hydrogens is 816 g/mol. The quantitative estimate of drug-likeness (QED) is 0.0822. The number of carboxylic acids is 5. The molecule has 20 heteroatoms. The predicted octanol–water partition coefficient (Wildman–Crippen LogP) is 2.14. The van der Waals surface area contributed by atoms with Gasteiger partial charge in [-0.1, -0.05) is 39.5 Å². The van der Waals surface area contributed by atoms with Crippen molar-refractivity contribution in [2.45, 2.75) is 86.7 Å². The van der Waals surface area contributed by atoms with Crippen LogP contribution in [0.15, 0.2) is 72.9 Å². The Morgan fingerprint density at radius 1 is 0.558 bits per heavy atom. The van der Waals surface area contributed by atoms with Crippen molar-refractivity contribution in [3.8, 4) is 0 Å². The summed E-state index contributed by atoms with van der Waals surface area (Å²) >= 11 is 0. The molecular formula is C32H65CaCrMgNaO13Si3. The van der Waals surface area contributed by atoms with E-state index in [1.165, 1.54) is 34.6 Å². The van der Waals surface area contributed by atoms with Crippen molar-refractivity contribution in [2.24, 2.45) is 0 Å². The van der Waals surface area contributed by atoms with E-state index in [9.17, 15) is 28.8 Å². The molecule has 0 heterocycles. The third-order valence-corrected chi connectivity index (χ3v) is 10.1. The van der Waals surface area contributed by atoms with Crippen molar-refractivity contribution in [1.29, 1.82) is 0 Å². The minimum absolute atomic E-state index is 0. The Balaban J connectivity index is -0.0000000261. The summed E-state index contributed by atoms with van der Waals surface area (Å²) in [4.78, 5) is 59.2. The monoisotopic (exact) mass is 880 g/mol. The number of rotatable bonds is 12. The summed E-state index contributed by atoms with van der Waals surface area (Å²) in [7, 11) is -3.04. The molecule has 0 aliphatic carbocycles. The van der Waals surface area contributed by atoms with Crippen LogP contribution in [0.2, 0.25) is 38.8 Å². The minimum Gasteiger partial charge on any atom is -1.00 e. The van der Waals surface area contributed by atoms with Gasteiger partial charge in [0.25, 0.3) is 0 Å². The minimum atomic E-state index is -1.59. The number of carboxylic acid groups (broad SMARTS) is 5. The fraction of sp³-hybridized carbons (Fsp3) is 0.438. The number of carbonyl (C=O) groups excluding carboxylic acids is 1. The molecule has 0 aromatic heterocycles. The van der Waals surface area contributed by atoms with Gasteiger partial charge in [-0.15, -0.1) is 0 Å². The van der Waals surface area contributed by atoms with E-state index in [0.717, 1.165) is 12.5 Å². The van der Waals surface area contributed by atoms with Crippen molar-refractivity contribution < 1.29 is 117 Å². The van der Waals surface area contributed by atoms with E-state index < -0.39 is 46.5 Å². The first-order chi connectivity index (χ1) is 20.7. The van der Waals surface area contributed by atoms with Gasteiger partial charge in [0.15, 0.2) is 16.6 Å². The molecule has 0 aliphatic heterocycles. The van der Waals surface area contributed by atoms with E-state index in [2.05, 4.69) is 72.2 Å². The Morgan fingerprint density at radius 3 is 0.885 bits per heavy atom. The number of hydrogen-bond acceptors (Lipinski definition) is 8. The zero-order valence-electron chi connectivity index (χ0n) is 37.7. The second kappa shape index (κ2) is 44.8. The fourth-order valence-electron chi connectivity index (χ4n) is 1.67. The predicted molar refractivity (Wildman–Crippen MR) is 218 cm³/mol. The van der Waals surface area contributed by atoms with Crippen LogP contribution in [0.4, 0.5) is 0 Å². The van der Waals surface area contributed by atoms with Gasteiger partial charge in [0.1, 0.15) is 0 Å². The average molecular weight is 881 g/mol. The summed E-state index contributed by atoms with van der Waals surface area (Å²) in [6.45, 7) is 39.8. The molecule has 0 rings (SSSR count). The average Bonchev–Trinajstić information content (AvgIpc) is 2.86. The van der Waals surface area contributed by atoms with E-state index in [1.54, 1.807) is 6.92 Å². The van der Waals surface area contributed by atoms with Gasteiger partial charge in [0.05, 0.1) is 6.61 Å². The van der Waals surface area contributed by atoms with Gasteiger partial charge < -0.3 is 41.5 Å². The number of hydrogen-bond donors (Lipinski definition) is 5. The molecule has 0 unspecified atom stereocenters. The molecule has 0 aliphatic rings. The van der Waals surface area contributed by atoms with Gasteiger partial charge in [-0.05, 0) is 97.7 Å². The maximum absolute atomic E-state index is 11.2. The van der Waals surface area contributed by atoms with Crippen LogP contribution in [0.25, 0.3) is 0 Å². The van der Waals surface area contributed by atoms with Crippen molar-refractivity contribution in [3.63, 3.8) is 0 Å². The van der Waals surface area contributed by atoms with E-state index in [4.69, 9.17) is 34.4 Å². The van der Waals surface area contributed by atoms with E-state index >= 15 is 0 Å². The van der Waals surface area contributed by atoms with E-state index in [0.29, 0.717) is 12.2 Å². The van der Waals surface area contributed by atoms with Gasteiger partial charge >= 0.3 is 126 Å². The maximum Gasteiger partial charge on any atom is 2.00 e. The molecule has 0 amide bonds. The standard InChI is InChI=1S/C12H26O3Si2.5C4H6O2.Ca.Cr.Mg.Na.H4Si.5H/c1-11(2)12(13)14-9-8-10-17(6,7)15-16(3,4)5;5*1-3(2)4(5)6;;;;;;;;;;/h1,8-10H2,2-7H3;5*1H2,2H3,(H,5,6);;;;;1H4;;;;;/q;;;;;;+2;;+2;+1;;5*-1. The summed E-state index contributed by atoms with van der Waals surface area (Å²) in [5.74, 6) is -4.97. The third-order valence-electron chi connectivity index (χ3n) is 3.91. The van der Waals surface area contributed by atoms with Crippen LogP contribution in [0.5, 0.6) is 0 Å². The number of aliphatic carboxylic acids is 5. The molecule has 0 radical (unpaired) electrons. The van der Waals surface area contributed by atoms with Gasteiger partial charge in [-0.2, -0.15) is 0 Å². The molecule has 0 atom stereocenters. The summed E-state index contributed by atoms with van der Waals surface area (Å²) in [5.41, 5.74) is 1.34. The van der Waals surface area contributed by atoms with Crippen LogP contribution < -0.4 is 29.6 Å². The first-order valence-electron chi connectivity index (χ1n) is 13.7. The van der Waals surface area contributed by atoms with Crippen LogP contribution in [-0.2, 0) is 55.0 Å². The Morgan fingerprint density at radius 2 is 0.750 bits per heavy atom. The SMILES string of the molecule is C=C(C)C(=O)O.C=C(C)C(=O)O.C=C(C)C(=O)O.C=C(C)C(=O)O.C=C(C)C(=O)O.C=C(C)C(=O)OCCC[Si](C)(C)O[Si](C)(C)C.[Ca+2].[Cr].[H-].[H-].[H-].[H-].[H-].[Mg+2].[Na+].[SiH4]. The van der Waals surface area contributed by atoms with Crippen LogP contribution in [0.3, 0.4) is 0 Å². The van der Waals surface area contributed by atoms with Crippen LogP contribution in [-0.4, -0.2) is 156 Å². The molecule has 294 valence electrons. The van der Waals surface area contributed by atoms with E-state index in [-0.39, 0.29) is 160 Å². The number of carbonyl (C=O) groups is 6. The molecule has 5 N–H and O–H groups in total. The second-order valence-electron chi connectivity index (χ2n) is 11.4. The van der Waals surface area contributed by atoms with Gasteiger partial charge in [-0.3, -0.25) is 0 Å². The van der Waals surface area contributed by atoms with E-state index in [1.807, 2.05) is 0 Å². The number of ether oxygens (including phenoxy) is 1. The van der Waals surface area contributed by atoms with Crippen molar-refractivity contribution >= 4 is 124 Å². The first kappa shape index (κ1) is 80.0.